The maximum atomic E-state index is 12.5. The number of anilines is 1. The minimum Gasteiger partial charge on any atom is -0.497 e. The first-order valence-corrected chi connectivity index (χ1v) is 9.09. The molecule has 8 heteroatoms. The third-order valence-corrected chi connectivity index (χ3v) is 4.43. The lowest BCUT2D eigenvalue weighted by atomic mass is 10.1. The number of aromatic amines is 1. The summed E-state index contributed by atoms with van der Waals surface area (Å²) < 4.78 is 5.12. The lowest BCUT2D eigenvalue weighted by Crippen LogP contribution is -2.20. The summed E-state index contributed by atoms with van der Waals surface area (Å²) in [4.78, 5) is 32.1. The molecular weight excluding hydrogens is 376 g/mol. The van der Waals surface area contributed by atoms with Crippen LogP contribution in [0.4, 0.5) is 5.69 Å². The van der Waals surface area contributed by atoms with Gasteiger partial charge < -0.3 is 15.0 Å². The van der Waals surface area contributed by atoms with Crippen molar-refractivity contribution in [3.8, 4) is 11.2 Å². The van der Waals surface area contributed by atoms with Crippen molar-refractivity contribution < 1.29 is 9.53 Å². The Hall–Kier alpha value is -3.57. The zero-order valence-electron chi connectivity index (χ0n) is 14.9. The Bertz CT molecular complexity index is 1070. The summed E-state index contributed by atoms with van der Waals surface area (Å²) in [6.45, 7) is 0. The van der Waals surface area contributed by atoms with Gasteiger partial charge in [0, 0.05) is 23.1 Å². The highest BCUT2D eigenvalue weighted by atomic mass is 32.2. The second kappa shape index (κ2) is 8.88. The Morgan fingerprint density at radius 1 is 1.21 bits per heavy atom. The van der Waals surface area contributed by atoms with Crippen LogP contribution >= 0.6 is 11.8 Å². The van der Waals surface area contributed by atoms with Crippen molar-refractivity contribution in [2.45, 2.75) is 11.3 Å². The van der Waals surface area contributed by atoms with E-state index in [9.17, 15) is 9.59 Å². The maximum absolute atomic E-state index is 12.5. The van der Waals surface area contributed by atoms with Crippen LogP contribution in [-0.2, 0) is 6.42 Å². The van der Waals surface area contributed by atoms with Crippen LogP contribution in [0.5, 0.6) is 5.75 Å². The van der Waals surface area contributed by atoms with Gasteiger partial charge in [0.25, 0.3) is 11.5 Å². The van der Waals surface area contributed by atoms with E-state index in [1.54, 1.807) is 31.4 Å². The molecular formula is C20H16N4O3S. The molecule has 0 radical (unpaired) electrons. The number of thiocyanates is 1. The largest absolute Gasteiger partial charge is 0.497 e. The molecule has 0 bridgehead atoms. The van der Waals surface area contributed by atoms with Gasteiger partial charge in [-0.25, -0.2) is 4.98 Å². The van der Waals surface area contributed by atoms with E-state index >= 15 is 0 Å². The van der Waals surface area contributed by atoms with Gasteiger partial charge in [-0.1, -0.05) is 12.1 Å². The van der Waals surface area contributed by atoms with Crippen LogP contribution in [0.15, 0.2) is 64.3 Å². The zero-order chi connectivity index (χ0) is 19.9. The number of nitrogens with zero attached hydrogens (tertiary/aromatic N) is 2. The molecule has 0 saturated carbocycles. The highest BCUT2D eigenvalue weighted by Gasteiger charge is 2.11. The van der Waals surface area contributed by atoms with E-state index in [4.69, 9.17) is 10.00 Å². The van der Waals surface area contributed by atoms with Gasteiger partial charge in [-0.05, 0) is 53.7 Å². The smallest absolute Gasteiger partial charge is 0.274 e. The average Bonchev–Trinajstić information content (AvgIpc) is 2.70. The SMILES string of the molecule is COc1ccc(Cc2nc(C(=O)Nc3ccc(SC#N)cc3)cc(=O)[nH]2)cc1. The molecule has 0 atom stereocenters. The molecule has 0 saturated heterocycles. The lowest BCUT2D eigenvalue weighted by Gasteiger charge is -2.07. The Morgan fingerprint density at radius 3 is 2.57 bits per heavy atom. The predicted molar refractivity (Wildman–Crippen MR) is 107 cm³/mol. The topological polar surface area (TPSA) is 108 Å². The van der Waals surface area contributed by atoms with E-state index < -0.39 is 11.5 Å². The number of nitriles is 1. The Kier molecular flexibility index (Phi) is 6.09. The van der Waals surface area contributed by atoms with E-state index in [0.29, 0.717) is 17.9 Å². The third-order valence-electron chi connectivity index (χ3n) is 3.83. The highest BCUT2D eigenvalue weighted by molar-refractivity contribution is 8.03. The van der Waals surface area contributed by atoms with Gasteiger partial charge in [0.15, 0.2) is 0 Å². The van der Waals surface area contributed by atoms with Crippen LogP contribution in [0.25, 0.3) is 0 Å². The first kappa shape index (κ1) is 19.2. The normalized spacial score (nSPS) is 10.1. The minimum absolute atomic E-state index is 0.0303. The molecule has 140 valence electrons. The van der Waals surface area contributed by atoms with E-state index in [-0.39, 0.29) is 5.69 Å². The number of thioether (sulfide) groups is 1. The van der Waals surface area contributed by atoms with E-state index in [2.05, 4.69) is 15.3 Å². The van der Waals surface area contributed by atoms with Crippen LogP contribution in [0.1, 0.15) is 21.9 Å². The van der Waals surface area contributed by atoms with E-state index in [0.717, 1.165) is 34.0 Å². The number of hydrogen-bond donors (Lipinski definition) is 2. The first-order valence-electron chi connectivity index (χ1n) is 8.28. The third kappa shape index (κ3) is 4.99. The van der Waals surface area contributed by atoms with Crippen molar-refractivity contribution in [3.63, 3.8) is 0 Å². The number of amides is 1. The van der Waals surface area contributed by atoms with Crippen molar-refractivity contribution in [2.24, 2.45) is 0 Å². The highest BCUT2D eigenvalue weighted by Crippen LogP contribution is 2.19. The Balaban J connectivity index is 1.75. The number of rotatable bonds is 6. The molecule has 28 heavy (non-hydrogen) atoms. The molecule has 0 aliphatic heterocycles. The number of H-pyrrole nitrogens is 1. The summed E-state index contributed by atoms with van der Waals surface area (Å²) in [6.07, 6.45) is 0.375. The molecule has 1 amide bonds. The number of hydrogen-bond acceptors (Lipinski definition) is 6. The fourth-order valence-corrected chi connectivity index (χ4v) is 2.88. The Morgan fingerprint density at radius 2 is 1.93 bits per heavy atom. The van der Waals surface area contributed by atoms with Gasteiger partial charge in [0.05, 0.1) is 7.11 Å². The number of methoxy groups -OCH3 is 1. The monoisotopic (exact) mass is 392 g/mol. The summed E-state index contributed by atoms with van der Waals surface area (Å²) in [7, 11) is 1.59. The molecule has 3 aromatic rings. The van der Waals surface area contributed by atoms with Gasteiger partial charge in [0.1, 0.15) is 22.7 Å². The number of benzene rings is 2. The van der Waals surface area contributed by atoms with Crippen LogP contribution in [0, 0.1) is 10.7 Å². The molecule has 0 aliphatic carbocycles. The second-order valence-electron chi connectivity index (χ2n) is 5.77. The van der Waals surface area contributed by atoms with Crippen molar-refractivity contribution in [1.29, 1.82) is 5.26 Å². The van der Waals surface area contributed by atoms with Crippen molar-refractivity contribution in [2.75, 3.05) is 12.4 Å². The summed E-state index contributed by atoms with van der Waals surface area (Å²) in [5.41, 5.74) is 1.10. The number of ether oxygens (including phenoxy) is 1. The molecule has 2 N–H and O–H groups in total. The van der Waals surface area contributed by atoms with Crippen LogP contribution in [0.2, 0.25) is 0 Å². The number of nitrogens with one attached hydrogen (secondary N) is 2. The summed E-state index contributed by atoms with van der Waals surface area (Å²) in [5, 5.41) is 13.3. The maximum Gasteiger partial charge on any atom is 0.274 e. The van der Waals surface area contributed by atoms with Gasteiger partial charge >= 0.3 is 0 Å². The predicted octanol–water partition coefficient (Wildman–Crippen LogP) is 3.19. The fourth-order valence-electron chi connectivity index (χ4n) is 2.50. The molecule has 3 rings (SSSR count). The van der Waals surface area contributed by atoms with Crippen LogP contribution in [-0.4, -0.2) is 23.0 Å². The summed E-state index contributed by atoms with van der Waals surface area (Å²) in [6, 6.07) is 15.3. The average molecular weight is 392 g/mol. The van der Waals surface area contributed by atoms with Gasteiger partial charge in [-0.3, -0.25) is 9.59 Å². The second-order valence-corrected chi connectivity index (χ2v) is 6.63. The molecule has 0 fully saturated rings. The number of aromatic nitrogens is 2. The molecule has 7 nitrogen and oxygen atoms in total. The fraction of sp³-hybridized carbons (Fsp3) is 0.100. The molecule has 0 spiro atoms. The van der Waals surface area contributed by atoms with Crippen molar-refractivity contribution >= 4 is 23.4 Å². The van der Waals surface area contributed by atoms with Crippen molar-refractivity contribution in [3.05, 3.63) is 82.0 Å². The molecule has 1 heterocycles. The lowest BCUT2D eigenvalue weighted by molar-refractivity contribution is 0.102. The van der Waals surface area contributed by atoms with Gasteiger partial charge in [-0.2, -0.15) is 5.26 Å². The summed E-state index contributed by atoms with van der Waals surface area (Å²) in [5.74, 6) is 0.642. The first-order chi connectivity index (χ1) is 13.6. The molecule has 2 aromatic carbocycles. The molecule has 0 unspecified atom stereocenters. The quantitative estimate of drug-likeness (QED) is 0.493. The minimum atomic E-state index is -0.484. The summed E-state index contributed by atoms with van der Waals surface area (Å²) >= 11 is 1.03. The van der Waals surface area contributed by atoms with Gasteiger partial charge in [-0.15, -0.1) is 0 Å². The van der Waals surface area contributed by atoms with Crippen molar-refractivity contribution in [1.82, 2.24) is 9.97 Å². The molecule has 0 aliphatic rings. The van der Waals surface area contributed by atoms with E-state index in [1.165, 1.54) is 0 Å². The van der Waals surface area contributed by atoms with Crippen LogP contribution < -0.4 is 15.6 Å². The number of carbonyl (C=O) groups excluding carboxylic acids is 1. The van der Waals surface area contributed by atoms with E-state index in [1.807, 2.05) is 29.7 Å². The number of carbonyl (C=O) groups is 1. The Labute approximate surface area is 165 Å². The van der Waals surface area contributed by atoms with Gasteiger partial charge in [0.2, 0.25) is 0 Å². The standard InChI is InChI=1S/C20H16N4O3S/c1-27-15-6-2-13(3-7-15)10-18-23-17(11-19(25)24-18)20(26)22-14-4-8-16(9-5-14)28-12-21/h2-9,11H,10H2,1H3,(H,22,26)(H,23,24,25). The zero-order valence-corrected chi connectivity index (χ0v) is 15.7. The van der Waals surface area contributed by atoms with Crippen LogP contribution in [0.3, 0.4) is 0 Å². The molecule has 1 aromatic heterocycles.